The average Bonchev–Trinajstić information content (AvgIpc) is 3.24. The van der Waals surface area contributed by atoms with Crippen LogP contribution in [-0.2, 0) is 29.8 Å². The van der Waals surface area contributed by atoms with Crippen molar-refractivity contribution in [3.63, 3.8) is 0 Å². The maximum absolute atomic E-state index is 14.1. The van der Waals surface area contributed by atoms with Crippen molar-refractivity contribution in [2.75, 3.05) is 6.61 Å². The molecule has 3 nitrogen and oxygen atoms in total. The van der Waals surface area contributed by atoms with Gasteiger partial charge in [-0.2, -0.15) is 13.2 Å². The molecule has 7 heteroatoms. The molecule has 0 bridgehead atoms. The highest BCUT2D eigenvalue weighted by Gasteiger charge is 2.55. The molecular weight excluding hydrogens is 424 g/mol. The Morgan fingerprint density at radius 2 is 1.62 bits per heavy atom. The van der Waals surface area contributed by atoms with Gasteiger partial charge in [0.2, 0.25) is 5.60 Å². The van der Waals surface area contributed by atoms with E-state index in [2.05, 4.69) is 0 Å². The van der Waals surface area contributed by atoms with Crippen LogP contribution in [0.1, 0.15) is 28.7 Å². The Morgan fingerprint density at radius 3 is 2.38 bits per heavy atom. The highest BCUT2D eigenvalue weighted by atomic mass is 19.4. The predicted molar refractivity (Wildman–Crippen MR) is 111 cm³/mol. The lowest BCUT2D eigenvalue weighted by Crippen LogP contribution is -2.46. The van der Waals surface area contributed by atoms with Crippen LogP contribution in [0.3, 0.4) is 0 Å². The van der Waals surface area contributed by atoms with Crippen LogP contribution in [0.2, 0.25) is 0 Å². The number of rotatable bonds is 7. The Balaban J connectivity index is 1.48. The van der Waals surface area contributed by atoms with Crippen molar-refractivity contribution in [2.24, 2.45) is 0 Å². The van der Waals surface area contributed by atoms with E-state index in [9.17, 15) is 22.7 Å². The van der Waals surface area contributed by atoms with Crippen LogP contribution in [0.15, 0.2) is 66.7 Å². The van der Waals surface area contributed by atoms with Crippen molar-refractivity contribution in [1.82, 2.24) is 0 Å². The molecule has 3 aromatic carbocycles. The molecule has 0 saturated carbocycles. The summed E-state index contributed by atoms with van der Waals surface area (Å²) in [6, 6.07) is 16.9. The second kappa shape index (κ2) is 8.92. The van der Waals surface area contributed by atoms with Gasteiger partial charge in [0.15, 0.2) is 11.6 Å². The molecular formula is C25H22F4O3. The third kappa shape index (κ3) is 4.64. The number of benzene rings is 3. The summed E-state index contributed by atoms with van der Waals surface area (Å²) < 4.78 is 66.4. The standard InChI is InChI=1S/C25H22F4O3/c26-22-12-9-17(13-23(22)32-21-7-2-1-3-8-21)15-31-16-24(30,25(27,28)29)20-11-10-18-5-4-6-19(18)14-20/h1-3,7-14,30H,4-6,15-16H2. The number of aryl methyl sites for hydroxylation is 2. The minimum atomic E-state index is -4.93. The second-order valence-electron chi connectivity index (χ2n) is 7.87. The Morgan fingerprint density at radius 1 is 0.875 bits per heavy atom. The van der Waals surface area contributed by atoms with E-state index in [4.69, 9.17) is 9.47 Å². The van der Waals surface area contributed by atoms with E-state index in [0.717, 1.165) is 30.0 Å². The molecule has 0 spiro atoms. The number of para-hydroxylation sites is 1. The Labute approximate surface area is 183 Å². The van der Waals surface area contributed by atoms with Crippen LogP contribution in [0.25, 0.3) is 0 Å². The first-order valence-corrected chi connectivity index (χ1v) is 10.3. The van der Waals surface area contributed by atoms with Crippen LogP contribution in [0.5, 0.6) is 11.5 Å². The molecule has 0 amide bonds. The van der Waals surface area contributed by atoms with E-state index in [1.165, 1.54) is 24.3 Å². The molecule has 0 radical (unpaired) electrons. The van der Waals surface area contributed by atoms with E-state index in [1.807, 2.05) is 0 Å². The van der Waals surface area contributed by atoms with Crippen molar-refractivity contribution in [3.05, 3.63) is 94.8 Å². The van der Waals surface area contributed by atoms with E-state index in [0.29, 0.717) is 17.7 Å². The highest BCUT2D eigenvalue weighted by Crippen LogP contribution is 2.41. The number of hydrogen-bond acceptors (Lipinski definition) is 3. The number of aliphatic hydroxyl groups is 1. The lowest BCUT2D eigenvalue weighted by Gasteiger charge is -2.31. The molecule has 1 aliphatic rings. The molecule has 168 valence electrons. The number of hydrogen-bond donors (Lipinski definition) is 1. The van der Waals surface area contributed by atoms with Crippen LogP contribution >= 0.6 is 0 Å². The van der Waals surface area contributed by atoms with E-state index in [-0.39, 0.29) is 17.9 Å². The first kappa shape index (κ1) is 22.3. The molecule has 1 atom stereocenters. The van der Waals surface area contributed by atoms with Gasteiger partial charge in [0.05, 0.1) is 13.2 Å². The van der Waals surface area contributed by atoms with Gasteiger partial charge in [-0.15, -0.1) is 0 Å². The van der Waals surface area contributed by atoms with Crippen LogP contribution in [-0.4, -0.2) is 17.9 Å². The molecule has 0 saturated heterocycles. The molecule has 32 heavy (non-hydrogen) atoms. The molecule has 1 N–H and O–H groups in total. The Bertz CT molecular complexity index is 1080. The molecule has 1 unspecified atom stereocenters. The highest BCUT2D eigenvalue weighted by molar-refractivity contribution is 5.39. The number of halogens is 4. The maximum atomic E-state index is 14.1. The Kier molecular flexibility index (Phi) is 6.22. The Hall–Kier alpha value is -2.90. The fourth-order valence-electron chi connectivity index (χ4n) is 3.81. The van der Waals surface area contributed by atoms with E-state index < -0.39 is 24.2 Å². The fraction of sp³-hybridized carbons (Fsp3) is 0.280. The molecule has 0 heterocycles. The fourth-order valence-corrected chi connectivity index (χ4v) is 3.81. The summed E-state index contributed by atoms with van der Waals surface area (Å²) in [4.78, 5) is 0. The van der Waals surface area contributed by atoms with Gasteiger partial charge in [-0.05, 0) is 65.8 Å². The lowest BCUT2D eigenvalue weighted by molar-refractivity contribution is -0.283. The summed E-state index contributed by atoms with van der Waals surface area (Å²) in [7, 11) is 0. The van der Waals surface area contributed by atoms with Gasteiger partial charge in [-0.25, -0.2) is 4.39 Å². The van der Waals surface area contributed by atoms with Crippen LogP contribution in [0.4, 0.5) is 17.6 Å². The molecule has 4 rings (SSSR count). The van der Waals surface area contributed by atoms with Crippen molar-refractivity contribution >= 4 is 0 Å². The zero-order valence-corrected chi connectivity index (χ0v) is 17.2. The molecule has 0 aliphatic heterocycles. The quantitative estimate of drug-likeness (QED) is 0.448. The largest absolute Gasteiger partial charge is 0.454 e. The molecule has 0 fully saturated rings. The van der Waals surface area contributed by atoms with Gasteiger partial charge in [0.1, 0.15) is 5.75 Å². The van der Waals surface area contributed by atoms with Crippen molar-refractivity contribution in [3.8, 4) is 11.5 Å². The molecule has 3 aromatic rings. The third-order valence-electron chi connectivity index (χ3n) is 5.59. The van der Waals surface area contributed by atoms with Gasteiger partial charge in [-0.3, -0.25) is 0 Å². The van der Waals surface area contributed by atoms with Gasteiger partial charge < -0.3 is 14.6 Å². The predicted octanol–water partition coefficient (Wildman–Crippen LogP) is 6.07. The normalized spacial score (nSPS) is 15.3. The number of ether oxygens (including phenoxy) is 2. The summed E-state index contributed by atoms with van der Waals surface area (Å²) in [5.74, 6) is -0.253. The van der Waals surface area contributed by atoms with Gasteiger partial charge in [-0.1, -0.05) is 42.5 Å². The van der Waals surface area contributed by atoms with Gasteiger partial charge in [0, 0.05) is 0 Å². The SMILES string of the molecule is OC(COCc1ccc(F)c(Oc2ccccc2)c1)(c1ccc2c(c1)CCC2)C(F)(F)F. The molecule has 1 aliphatic carbocycles. The average molecular weight is 446 g/mol. The smallest absolute Gasteiger partial charge is 0.423 e. The van der Waals surface area contributed by atoms with Crippen molar-refractivity contribution in [2.45, 2.75) is 37.6 Å². The summed E-state index contributed by atoms with van der Waals surface area (Å²) in [5, 5.41) is 10.6. The number of alkyl halides is 3. The lowest BCUT2D eigenvalue weighted by atomic mass is 9.91. The van der Waals surface area contributed by atoms with Crippen molar-refractivity contribution in [1.29, 1.82) is 0 Å². The zero-order chi connectivity index (χ0) is 22.8. The van der Waals surface area contributed by atoms with Crippen molar-refractivity contribution < 1.29 is 32.1 Å². The minimum absolute atomic E-state index is 0.0676. The second-order valence-corrected chi connectivity index (χ2v) is 7.87. The summed E-state index contributed by atoms with van der Waals surface area (Å²) in [6.45, 7) is -1.24. The monoisotopic (exact) mass is 446 g/mol. The first-order valence-electron chi connectivity index (χ1n) is 10.3. The van der Waals surface area contributed by atoms with Gasteiger partial charge in [0.25, 0.3) is 0 Å². The summed E-state index contributed by atoms with van der Waals surface area (Å²) >= 11 is 0. The van der Waals surface area contributed by atoms with Crippen LogP contribution in [0, 0.1) is 5.82 Å². The van der Waals surface area contributed by atoms with E-state index >= 15 is 0 Å². The maximum Gasteiger partial charge on any atom is 0.423 e. The number of fused-ring (bicyclic) bond motifs is 1. The van der Waals surface area contributed by atoms with Crippen LogP contribution < -0.4 is 4.74 Å². The molecule has 0 aromatic heterocycles. The minimum Gasteiger partial charge on any atom is -0.454 e. The third-order valence-corrected chi connectivity index (χ3v) is 5.59. The zero-order valence-electron chi connectivity index (χ0n) is 17.2. The summed E-state index contributed by atoms with van der Waals surface area (Å²) in [6.07, 6.45) is -2.52. The first-order chi connectivity index (χ1) is 15.3. The van der Waals surface area contributed by atoms with Gasteiger partial charge >= 0.3 is 6.18 Å². The topological polar surface area (TPSA) is 38.7 Å². The summed E-state index contributed by atoms with van der Waals surface area (Å²) in [5.41, 5.74) is -1.13. The van der Waals surface area contributed by atoms with E-state index in [1.54, 1.807) is 36.4 Å².